The average molecular weight is 565 g/mol. The van der Waals surface area contributed by atoms with Crippen molar-refractivity contribution in [2.24, 2.45) is 11.8 Å². The van der Waals surface area contributed by atoms with Crippen molar-refractivity contribution >= 4 is 12.2 Å². The van der Waals surface area contributed by atoms with Gasteiger partial charge < -0.3 is 23.8 Å². The monoisotopic (exact) mass is 564 g/mol. The number of aromatic nitrogens is 2. The van der Waals surface area contributed by atoms with Crippen LogP contribution in [-0.4, -0.2) is 69.0 Å². The lowest BCUT2D eigenvalue weighted by Gasteiger charge is -2.30. The molecule has 1 aliphatic heterocycles. The number of nitrogens with zero attached hydrogens (tertiary/aromatic N) is 4. The van der Waals surface area contributed by atoms with Crippen LogP contribution in [0.15, 0.2) is 34.9 Å². The second kappa shape index (κ2) is 10.0. The van der Waals surface area contributed by atoms with Crippen LogP contribution in [0.4, 0.5) is 9.59 Å². The highest BCUT2D eigenvalue weighted by molar-refractivity contribution is 5.70. The van der Waals surface area contributed by atoms with Gasteiger partial charge in [-0.3, -0.25) is 0 Å². The van der Waals surface area contributed by atoms with E-state index in [1.54, 1.807) is 0 Å². The van der Waals surface area contributed by atoms with Crippen molar-refractivity contribution in [3.8, 4) is 0 Å². The highest BCUT2D eigenvalue weighted by Gasteiger charge is 2.55. The number of likely N-dealkylation sites (tertiary alicyclic amines) is 1. The molecule has 2 aromatic rings. The van der Waals surface area contributed by atoms with Crippen molar-refractivity contribution in [3.05, 3.63) is 47.6 Å². The van der Waals surface area contributed by atoms with Crippen LogP contribution in [0.5, 0.6) is 0 Å². The van der Waals surface area contributed by atoms with Crippen LogP contribution in [-0.2, 0) is 14.9 Å². The molecule has 1 unspecified atom stereocenters. The van der Waals surface area contributed by atoms with Crippen LogP contribution < -0.4 is 0 Å². The molecule has 1 aromatic heterocycles. The summed E-state index contributed by atoms with van der Waals surface area (Å²) in [5.74, 6) is 2.77. The number of rotatable bonds is 6. The average Bonchev–Trinajstić information content (AvgIpc) is 3.67. The Labute approximate surface area is 242 Å². The lowest BCUT2D eigenvalue weighted by molar-refractivity contribution is 0.0207. The van der Waals surface area contributed by atoms with E-state index in [0.29, 0.717) is 36.0 Å². The molecule has 1 aromatic carbocycles. The minimum atomic E-state index is -0.567. The summed E-state index contributed by atoms with van der Waals surface area (Å²) in [6.07, 6.45) is 4.16. The first-order valence-electron chi connectivity index (χ1n) is 15.2. The third kappa shape index (κ3) is 6.09. The van der Waals surface area contributed by atoms with E-state index in [2.05, 4.69) is 29.4 Å². The summed E-state index contributed by atoms with van der Waals surface area (Å²) in [5.41, 5.74) is -0.0844. The van der Waals surface area contributed by atoms with Crippen LogP contribution in [0.25, 0.3) is 0 Å². The van der Waals surface area contributed by atoms with Gasteiger partial charge in [0.2, 0.25) is 5.89 Å². The summed E-state index contributed by atoms with van der Waals surface area (Å²) in [6, 6.07) is 10.5. The molecule has 3 saturated carbocycles. The van der Waals surface area contributed by atoms with Crippen molar-refractivity contribution in [1.29, 1.82) is 0 Å². The predicted molar refractivity (Wildman–Crippen MR) is 152 cm³/mol. The fourth-order valence-electron chi connectivity index (χ4n) is 6.75. The first kappa shape index (κ1) is 28.0. The highest BCUT2D eigenvalue weighted by atomic mass is 16.6. The maximum Gasteiger partial charge on any atom is 0.410 e. The maximum atomic E-state index is 13.4. The van der Waals surface area contributed by atoms with Gasteiger partial charge in [0.1, 0.15) is 11.2 Å². The largest absolute Gasteiger partial charge is 0.444 e. The van der Waals surface area contributed by atoms with E-state index < -0.39 is 11.2 Å². The second-order valence-corrected chi connectivity index (χ2v) is 14.7. The first-order chi connectivity index (χ1) is 19.3. The van der Waals surface area contributed by atoms with Crippen LogP contribution in [0.1, 0.15) is 103 Å². The number of carbonyl (C=O) groups excluding carboxylic acids is 2. The van der Waals surface area contributed by atoms with E-state index in [0.717, 1.165) is 45.2 Å². The molecule has 2 heterocycles. The Balaban J connectivity index is 1.12. The SMILES string of the molecule is CC(C)(C)OC(=O)N1C[C@H]2CC(c3nc(C4(CN(C(=O)OC(C)(C)C)[C@@H]5C[C@H]5c5ccccc5)CC4)no3)C[C@H]2C1. The van der Waals surface area contributed by atoms with Crippen LogP contribution in [0.3, 0.4) is 0 Å². The topological polar surface area (TPSA) is 98.0 Å². The van der Waals surface area contributed by atoms with Crippen LogP contribution in [0.2, 0.25) is 0 Å². The van der Waals surface area contributed by atoms with E-state index >= 15 is 0 Å². The lowest BCUT2D eigenvalue weighted by atomic mass is 10.0. The first-order valence-corrected chi connectivity index (χ1v) is 15.2. The van der Waals surface area contributed by atoms with Gasteiger partial charge in [-0.2, -0.15) is 4.98 Å². The van der Waals surface area contributed by atoms with Crippen molar-refractivity contribution in [2.45, 2.75) is 108 Å². The molecule has 4 fully saturated rings. The molecule has 0 spiro atoms. The number of fused-ring (bicyclic) bond motifs is 1. The van der Waals surface area contributed by atoms with Crippen molar-refractivity contribution in [1.82, 2.24) is 19.9 Å². The molecule has 41 heavy (non-hydrogen) atoms. The number of carbonyl (C=O) groups is 2. The zero-order chi connectivity index (χ0) is 29.2. The van der Waals surface area contributed by atoms with Gasteiger partial charge in [-0.25, -0.2) is 9.59 Å². The summed E-state index contributed by atoms with van der Waals surface area (Å²) < 4.78 is 17.3. The second-order valence-electron chi connectivity index (χ2n) is 14.7. The fourth-order valence-corrected chi connectivity index (χ4v) is 6.75. The molecule has 0 bridgehead atoms. The fraction of sp³-hybridized carbons (Fsp3) is 0.688. The van der Waals surface area contributed by atoms with Gasteiger partial charge in [-0.1, -0.05) is 35.5 Å². The van der Waals surface area contributed by atoms with Gasteiger partial charge in [-0.15, -0.1) is 0 Å². The van der Waals surface area contributed by atoms with E-state index in [4.69, 9.17) is 19.0 Å². The smallest absolute Gasteiger partial charge is 0.410 e. The Morgan fingerprint density at radius 2 is 1.61 bits per heavy atom. The predicted octanol–water partition coefficient (Wildman–Crippen LogP) is 6.25. The molecule has 5 atom stereocenters. The number of benzene rings is 1. The van der Waals surface area contributed by atoms with E-state index in [-0.39, 0.29) is 29.6 Å². The quantitative estimate of drug-likeness (QED) is 0.409. The molecule has 0 N–H and O–H groups in total. The number of amides is 2. The molecule has 2 amide bonds. The summed E-state index contributed by atoms with van der Waals surface area (Å²) in [4.78, 5) is 34.7. The van der Waals surface area contributed by atoms with Crippen LogP contribution >= 0.6 is 0 Å². The molecule has 9 heteroatoms. The molecule has 1 saturated heterocycles. The Hall–Kier alpha value is -3.10. The van der Waals surface area contributed by atoms with E-state index in [9.17, 15) is 9.59 Å². The minimum absolute atomic E-state index is 0.109. The Kier molecular flexibility index (Phi) is 6.85. The van der Waals surface area contributed by atoms with E-state index in [1.807, 2.05) is 57.4 Å². The Bertz CT molecular complexity index is 1260. The third-order valence-corrected chi connectivity index (χ3v) is 9.01. The molecule has 3 aliphatic carbocycles. The Morgan fingerprint density at radius 3 is 2.20 bits per heavy atom. The summed E-state index contributed by atoms with van der Waals surface area (Å²) in [7, 11) is 0. The van der Waals surface area contributed by atoms with Gasteiger partial charge in [0, 0.05) is 37.5 Å². The van der Waals surface area contributed by atoms with Crippen molar-refractivity contribution in [2.75, 3.05) is 19.6 Å². The number of ether oxygens (including phenoxy) is 2. The number of hydrogen-bond acceptors (Lipinski definition) is 7. The molecular formula is C32H44N4O5. The summed E-state index contributed by atoms with van der Waals surface area (Å²) >= 11 is 0. The normalized spacial score (nSPS) is 28.2. The highest BCUT2D eigenvalue weighted by Crippen LogP contribution is 2.53. The maximum absolute atomic E-state index is 13.4. The zero-order valence-electron chi connectivity index (χ0n) is 25.3. The van der Waals surface area contributed by atoms with E-state index in [1.165, 1.54) is 5.56 Å². The molecule has 0 radical (unpaired) electrons. The molecule has 6 rings (SSSR count). The van der Waals surface area contributed by atoms with Gasteiger partial charge in [0.25, 0.3) is 0 Å². The van der Waals surface area contributed by atoms with Crippen molar-refractivity contribution < 1.29 is 23.6 Å². The lowest BCUT2D eigenvalue weighted by Crippen LogP contribution is -2.43. The summed E-state index contributed by atoms with van der Waals surface area (Å²) in [6.45, 7) is 13.4. The van der Waals surface area contributed by atoms with Crippen molar-refractivity contribution in [3.63, 3.8) is 0 Å². The molecule has 222 valence electrons. The zero-order valence-corrected chi connectivity index (χ0v) is 25.3. The van der Waals surface area contributed by atoms with Gasteiger partial charge >= 0.3 is 12.2 Å². The number of hydrogen-bond donors (Lipinski definition) is 0. The third-order valence-electron chi connectivity index (χ3n) is 9.01. The van der Waals surface area contributed by atoms with Crippen LogP contribution in [0, 0.1) is 11.8 Å². The minimum Gasteiger partial charge on any atom is -0.444 e. The molecular weight excluding hydrogens is 520 g/mol. The molecule has 9 nitrogen and oxygen atoms in total. The van der Waals surface area contributed by atoms with Gasteiger partial charge in [-0.05, 0) is 91.0 Å². The Morgan fingerprint density at radius 1 is 0.976 bits per heavy atom. The summed E-state index contributed by atoms with van der Waals surface area (Å²) in [5, 5.41) is 4.47. The van der Waals surface area contributed by atoms with Gasteiger partial charge in [0.05, 0.1) is 5.41 Å². The van der Waals surface area contributed by atoms with Gasteiger partial charge in [0.15, 0.2) is 5.82 Å². The standard InChI is InChI=1S/C32H44N4O5/c1-30(2,3)39-28(37)35-17-22-14-21(15-23(22)18-35)26-33-27(34-41-26)32(12-13-32)19-36(29(38)40-31(4,5)6)25-16-24(25)20-10-8-7-9-11-20/h7-11,21-25H,12-19H2,1-6H3/t21?,22-,23+,24-,25+/m0/s1. The molecule has 4 aliphatic rings.